The van der Waals surface area contributed by atoms with Crippen molar-refractivity contribution in [2.45, 2.75) is 40.0 Å². The molecule has 0 aliphatic heterocycles. The monoisotopic (exact) mass is 349 g/mol. The SMILES string of the molecule is CCCc1c[nH]c2ccc(C)nc12.Cc1ccc2[nH]cc(CCN)c2n1. The van der Waals surface area contributed by atoms with Gasteiger partial charge >= 0.3 is 0 Å². The van der Waals surface area contributed by atoms with Gasteiger partial charge in [-0.3, -0.25) is 9.97 Å². The van der Waals surface area contributed by atoms with Crippen LogP contribution in [-0.4, -0.2) is 26.5 Å². The number of rotatable bonds is 4. The van der Waals surface area contributed by atoms with Gasteiger partial charge in [-0.05, 0) is 68.6 Å². The van der Waals surface area contributed by atoms with Crippen LogP contribution < -0.4 is 5.73 Å². The van der Waals surface area contributed by atoms with E-state index in [0.717, 1.165) is 46.3 Å². The average molecular weight is 349 g/mol. The summed E-state index contributed by atoms with van der Waals surface area (Å²) < 4.78 is 0. The second kappa shape index (κ2) is 8.15. The standard InChI is InChI=1S/C11H14N2.C10H13N3/c1-3-4-9-7-12-10-6-5-8(2)13-11(9)10;1-7-2-3-9-10(13-7)8(4-5-11)6-12-9/h5-7,12H,3-4H2,1-2H3;2-3,6,12H,4-5,11H2,1H3. The van der Waals surface area contributed by atoms with Crippen molar-refractivity contribution >= 4 is 22.1 Å². The maximum atomic E-state index is 5.51. The van der Waals surface area contributed by atoms with Crippen molar-refractivity contribution in [3.8, 4) is 0 Å². The predicted molar refractivity (Wildman–Crippen MR) is 108 cm³/mol. The Morgan fingerprint density at radius 3 is 1.77 bits per heavy atom. The van der Waals surface area contributed by atoms with E-state index in [1.165, 1.54) is 17.5 Å². The Balaban J connectivity index is 0.000000151. The van der Waals surface area contributed by atoms with Gasteiger partial charge in [0, 0.05) is 23.8 Å². The van der Waals surface area contributed by atoms with E-state index in [-0.39, 0.29) is 0 Å². The van der Waals surface area contributed by atoms with Crippen molar-refractivity contribution in [1.82, 2.24) is 19.9 Å². The number of hydrogen-bond acceptors (Lipinski definition) is 3. The summed E-state index contributed by atoms with van der Waals surface area (Å²) in [7, 11) is 0. The zero-order valence-corrected chi connectivity index (χ0v) is 15.8. The molecule has 0 atom stereocenters. The molecule has 0 aliphatic carbocycles. The van der Waals surface area contributed by atoms with E-state index in [2.05, 4.69) is 45.2 Å². The van der Waals surface area contributed by atoms with Crippen molar-refractivity contribution in [1.29, 1.82) is 0 Å². The van der Waals surface area contributed by atoms with Crippen molar-refractivity contribution in [2.24, 2.45) is 5.73 Å². The molecule has 0 saturated heterocycles. The fourth-order valence-electron chi connectivity index (χ4n) is 3.11. The third-order valence-corrected chi connectivity index (χ3v) is 4.41. The number of pyridine rings is 2. The molecule has 0 aromatic carbocycles. The molecule has 0 radical (unpaired) electrons. The number of fused-ring (bicyclic) bond motifs is 2. The minimum absolute atomic E-state index is 0.669. The summed E-state index contributed by atoms with van der Waals surface area (Å²) in [5.74, 6) is 0. The Morgan fingerprint density at radius 1 is 0.808 bits per heavy atom. The van der Waals surface area contributed by atoms with Crippen LogP contribution in [0.4, 0.5) is 0 Å². The molecule has 0 bridgehead atoms. The molecule has 4 aromatic rings. The van der Waals surface area contributed by atoms with Crippen LogP contribution in [0.15, 0.2) is 36.7 Å². The van der Waals surface area contributed by atoms with Crippen LogP contribution >= 0.6 is 0 Å². The molecular weight excluding hydrogens is 322 g/mol. The minimum atomic E-state index is 0.669. The van der Waals surface area contributed by atoms with Crippen LogP contribution in [0, 0.1) is 13.8 Å². The van der Waals surface area contributed by atoms with Crippen molar-refractivity contribution in [3.05, 3.63) is 59.2 Å². The molecule has 4 heterocycles. The minimum Gasteiger partial charge on any atom is -0.360 e. The molecule has 5 heteroatoms. The first-order chi connectivity index (χ1) is 12.6. The smallest absolute Gasteiger partial charge is 0.0914 e. The molecule has 136 valence electrons. The summed E-state index contributed by atoms with van der Waals surface area (Å²) >= 11 is 0. The molecule has 0 spiro atoms. The molecule has 0 amide bonds. The average Bonchev–Trinajstić information content (AvgIpc) is 3.21. The molecule has 4 aromatic heterocycles. The molecular formula is C21H27N5. The lowest BCUT2D eigenvalue weighted by molar-refractivity contribution is 0.925. The third kappa shape index (κ3) is 3.94. The highest BCUT2D eigenvalue weighted by Crippen LogP contribution is 2.17. The first kappa shape index (κ1) is 18.1. The van der Waals surface area contributed by atoms with E-state index in [4.69, 9.17) is 5.73 Å². The largest absolute Gasteiger partial charge is 0.360 e. The quantitative estimate of drug-likeness (QED) is 0.516. The van der Waals surface area contributed by atoms with E-state index in [0.29, 0.717) is 6.54 Å². The van der Waals surface area contributed by atoms with Gasteiger partial charge < -0.3 is 15.7 Å². The summed E-state index contributed by atoms with van der Waals surface area (Å²) in [6.07, 6.45) is 7.22. The van der Waals surface area contributed by atoms with Gasteiger partial charge in [0.1, 0.15) is 0 Å². The fraction of sp³-hybridized carbons (Fsp3) is 0.333. The maximum Gasteiger partial charge on any atom is 0.0914 e. The van der Waals surface area contributed by atoms with Gasteiger partial charge in [0.15, 0.2) is 0 Å². The Hall–Kier alpha value is -2.66. The highest BCUT2D eigenvalue weighted by atomic mass is 14.8. The Labute approximate surface area is 154 Å². The van der Waals surface area contributed by atoms with E-state index < -0.39 is 0 Å². The van der Waals surface area contributed by atoms with Crippen LogP contribution in [0.3, 0.4) is 0 Å². The number of nitrogens with zero attached hydrogens (tertiary/aromatic N) is 2. The summed E-state index contributed by atoms with van der Waals surface area (Å²) in [6.45, 7) is 6.89. The van der Waals surface area contributed by atoms with E-state index in [9.17, 15) is 0 Å². The highest BCUT2D eigenvalue weighted by molar-refractivity contribution is 5.79. The number of H-pyrrole nitrogens is 2. The summed E-state index contributed by atoms with van der Waals surface area (Å²) in [4.78, 5) is 15.4. The highest BCUT2D eigenvalue weighted by Gasteiger charge is 2.04. The van der Waals surface area contributed by atoms with E-state index >= 15 is 0 Å². The van der Waals surface area contributed by atoms with Crippen LogP contribution in [0.2, 0.25) is 0 Å². The molecule has 0 saturated carbocycles. The topological polar surface area (TPSA) is 83.4 Å². The summed E-state index contributed by atoms with van der Waals surface area (Å²) in [5.41, 5.74) is 14.6. The molecule has 0 unspecified atom stereocenters. The van der Waals surface area contributed by atoms with E-state index in [1.54, 1.807) is 0 Å². The molecule has 4 N–H and O–H groups in total. The molecule has 4 rings (SSSR count). The lowest BCUT2D eigenvalue weighted by Crippen LogP contribution is -2.02. The number of aryl methyl sites for hydroxylation is 3. The van der Waals surface area contributed by atoms with Crippen LogP contribution in [-0.2, 0) is 12.8 Å². The normalized spacial score (nSPS) is 10.9. The Bertz CT molecular complexity index is 914. The first-order valence-electron chi connectivity index (χ1n) is 9.19. The second-order valence-electron chi connectivity index (χ2n) is 6.61. The van der Waals surface area contributed by atoms with Gasteiger partial charge in [-0.15, -0.1) is 0 Å². The number of nitrogens with one attached hydrogen (secondary N) is 2. The predicted octanol–water partition coefficient (Wildman–Crippen LogP) is 4.20. The summed E-state index contributed by atoms with van der Waals surface area (Å²) in [5, 5.41) is 0. The molecule has 0 aliphatic rings. The molecule has 26 heavy (non-hydrogen) atoms. The second-order valence-corrected chi connectivity index (χ2v) is 6.61. The third-order valence-electron chi connectivity index (χ3n) is 4.41. The molecule has 0 fully saturated rings. The van der Waals surface area contributed by atoms with Gasteiger partial charge in [-0.1, -0.05) is 13.3 Å². The zero-order valence-electron chi connectivity index (χ0n) is 15.8. The number of aromatic nitrogens is 4. The maximum absolute atomic E-state index is 5.51. The van der Waals surface area contributed by atoms with Crippen molar-refractivity contribution in [3.63, 3.8) is 0 Å². The van der Waals surface area contributed by atoms with E-state index in [1.807, 2.05) is 32.2 Å². The van der Waals surface area contributed by atoms with Gasteiger partial charge in [0.05, 0.1) is 22.1 Å². The van der Waals surface area contributed by atoms with Crippen molar-refractivity contribution in [2.75, 3.05) is 6.54 Å². The number of aromatic amines is 2. The lowest BCUT2D eigenvalue weighted by atomic mass is 10.1. The Kier molecular flexibility index (Phi) is 5.68. The van der Waals surface area contributed by atoms with Crippen LogP contribution in [0.5, 0.6) is 0 Å². The van der Waals surface area contributed by atoms with Gasteiger partial charge in [-0.25, -0.2) is 0 Å². The van der Waals surface area contributed by atoms with Crippen LogP contribution in [0.25, 0.3) is 22.1 Å². The Morgan fingerprint density at radius 2 is 1.31 bits per heavy atom. The van der Waals surface area contributed by atoms with Crippen LogP contribution in [0.1, 0.15) is 35.9 Å². The lowest BCUT2D eigenvalue weighted by Gasteiger charge is -1.96. The van der Waals surface area contributed by atoms with Gasteiger partial charge in [0.2, 0.25) is 0 Å². The first-order valence-corrected chi connectivity index (χ1v) is 9.19. The number of nitrogens with two attached hydrogens (primary N) is 1. The zero-order chi connectivity index (χ0) is 18.5. The summed E-state index contributed by atoms with van der Waals surface area (Å²) in [6, 6.07) is 8.19. The molecule has 5 nitrogen and oxygen atoms in total. The number of hydrogen-bond donors (Lipinski definition) is 3. The van der Waals surface area contributed by atoms with Gasteiger partial charge in [-0.2, -0.15) is 0 Å². The van der Waals surface area contributed by atoms with Gasteiger partial charge in [0.25, 0.3) is 0 Å². The fourth-order valence-corrected chi connectivity index (χ4v) is 3.11. The van der Waals surface area contributed by atoms with Crippen molar-refractivity contribution < 1.29 is 0 Å².